The maximum Gasteiger partial charge on any atom is 0.332 e. The van der Waals surface area contributed by atoms with Gasteiger partial charge in [-0.15, -0.1) is 0 Å². The van der Waals surface area contributed by atoms with Crippen LogP contribution in [0.3, 0.4) is 0 Å². The number of hydrogen-bond donors (Lipinski definition) is 4. The molecule has 0 amide bonds. The highest BCUT2D eigenvalue weighted by Gasteiger charge is 2.05. The Kier molecular flexibility index (Phi) is 2.62. The Morgan fingerprint density at radius 1 is 1.14 bits per heavy atom. The van der Waals surface area contributed by atoms with Crippen LogP contribution in [0.4, 0.5) is 0 Å². The molecule has 0 aromatic heterocycles. The van der Waals surface area contributed by atoms with Crippen molar-refractivity contribution in [2.75, 3.05) is 0 Å². The van der Waals surface area contributed by atoms with Gasteiger partial charge in [0.15, 0.2) is 11.5 Å². The fraction of sp³-hybridized carbons (Fsp3) is 0. The summed E-state index contributed by atoms with van der Waals surface area (Å²) < 4.78 is 0. The summed E-state index contributed by atoms with van der Waals surface area (Å²) in [6, 6.07) is 3.49. The van der Waals surface area contributed by atoms with E-state index in [1.165, 1.54) is 6.07 Å². The lowest BCUT2D eigenvalue weighted by Crippen LogP contribution is -1.91. The van der Waals surface area contributed by atoms with Gasteiger partial charge in [-0.25, -0.2) is 4.79 Å². The van der Waals surface area contributed by atoms with E-state index in [9.17, 15) is 9.90 Å². The second-order valence-electron chi connectivity index (χ2n) is 2.57. The van der Waals surface area contributed by atoms with E-state index in [0.717, 1.165) is 12.1 Å². The normalized spacial score (nSPS) is 11.3. The van der Waals surface area contributed by atoms with Crippen LogP contribution in [0.25, 0.3) is 5.76 Å². The molecule has 0 atom stereocenters. The molecular formula is C9H8O5. The first-order valence-electron chi connectivity index (χ1n) is 3.66. The van der Waals surface area contributed by atoms with Crippen molar-refractivity contribution < 1.29 is 25.2 Å². The molecule has 5 heteroatoms. The molecule has 0 radical (unpaired) electrons. The Morgan fingerprint density at radius 3 is 2.29 bits per heavy atom. The SMILES string of the molecule is O=C(O)C=C(O)c1ccc(O)c(O)c1. The van der Waals surface area contributed by atoms with Crippen LogP contribution in [-0.4, -0.2) is 26.4 Å². The van der Waals surface area contributed by atoms with Crippen LogP contribution < -0.4 is 0 Å². The van der Waals surface area contributed by atoms with E-state index in [1.54, 1.807) is 0 Å². The standard InChI is InChI=1S/C9H8O5/c10-6-2-1-5(3-8(6)12)7(11)4-9(13)14/h1-4,10-12H,(H,13,14). The van der Waals surface area contributed by atoms with Gasteiger partial charge in [-0.3, -0.25) is 0 Å². The summed E-state index contributed by atoms with van der Waals surface area (Å²) in [5.41, 5.74) is 0.114. The van der Waals surface area contributed by atoms with Crippen molar-refractivity contribution in [3.05, 3.63) is 29.8 Å². The molecule has 4 N–H and O–H groups in total. The van der Waals surface area contributed by atoms with Crippen molar-refractivity contribution >= 4 is 11.7 Å². The zero-order valence-electron chi connectivity index (χ0n) is 7.01. The smallest absolute Gasteiger partial charge is 0.332 e. The molecule has 0 heterocycles. The molecule has 14 heavy (non-hydrogen) atoms. The van der Waals surface area contributed by atoms with Crippen LogP contribution in [0.5, 0.6) is 11.5 Å². The molecule has 0 aliphatic heterocycles. The van der Waals surface area contributed by atoms with E-state index in [1.807, 2.05) is 0 Å². The number of carboxylic acid groups (broad SMARTS) is 1. The average Bonchev–Trinajstić information content (AvgIpc) is 2.08. The van der Waals surface area contributed by atoms with Gasteiger partial charge in [0.1, 0.15) is 5.76 Å². The van der Waals surface area contributed by atoms with Gasteiger partial charge in [-0.2, -0.15) is 0 Å². The van der Waals surface area contributed by atoms with E-state index in [2.05, 4.69) is 0 Å². The zero-order valence-corrected chi connectivity index (χ0v) is 7.01. The predicted octanol–water partition coefficient (Wildman–Crippen LogP) is 1.08. The van der Waals surface area contributed by atoms with E-state index in [-0.39, 0.29) is 11.3 Å². The third-order valence-electron chi connectivity index (χ3n) is 1.53. The Morgan fingerprint density at radius 2 is 1.79 bits per heavy atom. The molecule has 74 valence electrons. The van der Waals surface area contributed by atoms with Crippen LogP contribution in [0.1, 0.15) is 5.56 Å². The Balaban J connectivity index is 3.09. The highest BCUT2D eigenvalue weighted by molar-refractivity contribution is 5.88. The number of aliphatic carboxylic acids is 1. The topological polar surface area (TPSA) is 98.0 Å². The molecule has 0 aliphatic rings. The molecule has 1 rings (SSSR count). The molecule has 0 unspecified atom stereocenters. The third kappa shape index (κ3) is 2.16. The van der Waals surface area contributed by atoms with Gasteiger partial charge < -0.3 is 20.4 Å². The number of carboxylic acids is 1. The zero-order chi connectivity index (χ0) is 10.7. The summed E-state index contributed by atoms with van der Waals surface area (Å²) in [5.74, 6) is -2.55. The number of phenols is 2. The summed E-state index contributed by atoms with van der Waals surface area (Å²) in [6.07, 6.45) is 0.589. The van der Waals surface area contributed by atoms with Crippen molar-refractivity contribution in [3.63, 3.8) is 0 Å². The van der Waals surface area contributed by atoms with E-state index in [0.29, 0.717) is 6.08 Å². The first kappa shape index (κ1) is 9.91. The summed E-state index contributed by atoms with van der Waals surface area (Å²) in [5, 5.41) is 35.5. The summed E-state index contributed by atoms with van der Waals surface area (Å²) >= 11 is 0. The summed E-state index contributed by atoms with van der Waals surface area (Å²) in [7, 11) is 0. The molecule has 0 bridgehead atoms. The van der Waals surface area contributed by atoms with Crippen molar-refractivity contribution in [2.45, 2.75) is 0 Å². The third-order valence-corrected chi connectivity index (χ3v) is 1.53. The van der Waals surface area contributed by atoms with Gasteiger partial charge in [-0.1, -0.05) is 0 Å². The lowest BCUT2D eigenvalue weighted by molar-refractivity contribution is -0.131. The van der Waals surface area contributed by atoms with Gasteiger partial charge >= 0.3 is 5.97 Å². The number of hydrogen-bond acceptors (Lipinski definition) is 4. The lowest BCUT2D eigenvalue weighted by atomic mass is 10.1. The van der Waals surface area contributed by atoms with E-state index < -0.39 is 17.5 Å². The average molecular weight is 196 g/mol. The van der Waals surface area contributed by atoms with Gasteiger partial charge in [-0.05, 0) is 18.2 Å². The molecule has 0 saturated heterocycles. The quantitative estimate of drug-likeness (QED) is 0.322. The first-order chi connectivity index (χ1) is 6.50. The van der Waals surface area contributed by atoms with Crippen LogP contribution in [0.15, 0.2) is 24.3 Å². The number of aliphatic hydroxyl groups excluding tert-OH is 1. The fourth-order valence-electron chi connectivity index (χ4n) is 0.883. The van der Waals surface area contributed by atoms with Gasteiger partial charge in [0, 0.05) is 5.56 Å². The number of aromatic hydroxyl groups is 2. The molecule has 0 spiro atoms. The Labute approximate surface area is 79.2 Å². The van der Waals surface area contributed by atoms with Gasteiger partial charge in [0.25, 0.3) is 0 Å². The second-order valence-corrected chi connectivity index (χ2v) is 2.57. The predicted molar refractivity (Wildman–Crippen MR) is 48.0 cm³/mol. The molecular weight excluding hydrogens is 188 g/mol. The minimum atomic E-state index is -1.30. The summed E-state index contributed by atoms with van der Waals surface area (Å²) in [4.78, 5) is 10.2. The van der Waals surface area contributed by atoms with Crippen LogP contribution in [-0.2, 0) is 4.79 Å². The number of rotatable bonds is 2. The maximum atomic E-state index is 10.2. The summed E-state index contributed by atoms with van der Waals surface area (Å²) in [6.45, 7) is 0. The van der Waals surface area contributed by atoms with Crippen molar-refractivity contribution in [1.29, 1.82) is 0 Å². The van der Waals surface area contributed by atoms with Crippen LogP contribution in [0.2, 0.25) is 0 Å². The Bertz CT molecular complexity index is 394. The molecule has 5 nitrogen and oxygen atoms in total. The molecule has 0 aliphatic carbocycles. The van der Waals surface area contributed by atoms with Crippen molar-refractivity contribution in [3.8, 4) is 11.5 Å². The van der Waals surface area contributed by atoms with Gasteiger partial charge in [0.2, 0.25) is 0 Å². The van der Waals surface area contributed by atoms with Crippen molar-refractivity contribution in [2.24, 2.45) is 0 Å². The second kappa shape index (κ2) is 3.69. The van der Waals surface area contributed by atoms with Crippen LogP contribution >= 0.6 is 0 Å². The fourth-order valence-corrected chi connectivity index (χ4v) is 0.883. The largest absolute Gasteiger partial charge is 0.507 e. The van der Waals surface area contributed by atoms with Crippen molar-refractivity contribution in [1.82, 2.24) is 0 Å². The van der Waals surface area contributed by atoms with E-state index >= 15 is 0 Å². The minimum absolute atomic E-state index is 0.114. The monoisotopic (exact) mass is 196 g/mol. The molecule has 0 fully saturated rings. The minimum Gasteiger partial charge on any atom is -0.507 e. The van der Waals surface area contributed by atoms with Crippen LogP contribution in [0, 0.1) is 0 Å². The number of phenolic OH excluding ortho intramolecular Hbond substituents is 2. The Hall–Kier alpha value is -2.17. The highest BCUT2D eigenvalue weighted by atomic mass is 16.4. The number of carbonyl (C=O) groups is 1. The highest BCUT2D eigenvalue weighted by Crippen LogP contribution is 2.27. The number of benzene rings is 1. The maximum absolute atomic E-state index is 10.2. The molecule has 1 aromatic rings. The molecule has 0 saturated carbocycles. The number of aliphatic hydroxyl groups is 1. The van der Waals surface area contributed by atoms with Gasteiger partial charge in [0.05, 0.1) is 6.08 Å². The first-order valence-corrected chi connectivity index (χ1v) is 3.66. The lowest BCUT2D eigenvalue weighted by Gasteiger charge is -2.01. The molecule has 1 aromatic carbocycles. The van der Waals surface area contributed by atoms with E-state index in [4.69, 9.17) is 15.3 Å².